The number of carbonyl (C=O) groups excluding carboxylic acids is 1. The van der Waals surface area contributed by atoms with Crippen LogP contribution in [-0.2, 0) is 4.79 Å². The summed E-state index contributed by atoms with van der Waals surface area (Å²) in [5.74, 6) is -1.97. The van der Waals surface area contributed by atoms with Crippen molar-refractivity contribution in [2.75, 3.05) is 13.1 Å². The highest BCUT2D eigenvalue weighted by Gasteiger charge is 2.35. The molecule has 17 heavy (non-hydrogen) atoms. The van der Waals surface area contributed by atoms with Gasteiger partial charge in [0.25, 0.3) is 5.78 Å². The topological polar surface area (TPSA) is 44.1 Å². The molecule has 0 spiro atoms. The zero-order valence-corrected chi connectivity index (χ0v) is 9.58. The fraction of sp³-hybridized carbons (Fsp3) is 0.455. The molecule has 0 aliphatic carbocycles. The molecule has 94 valence electrons. The minimum atomic E-state index is -4.90. The molecule has 0 radical (unpaired) electrons. The minimum Gasteiger partial charge on any atom is -0.377 e. The van der Waals surface area contributed by atoms with Gasteiger partial charge >= 0.3 is 6.18 Å². The van der Waals surface area contributed by atoms with Crippen LogP contribution in [0.2, 0.25) is 0 Å². The van der Waals surface area contributed by atoms with Gasteiger partial charge in [0.05, 0.1) is 5.57 Å². The third-order valence-electron chi connectivity index (χ3n) is 1.96. The number of halogens is 3. The molecule has 0 amide bonds. The first-order chi connectivity index (χ1) is 7.85. The maximum Gasteiger partial charge on any atom is 0.454 e. The number of ketones is 1. The third-order valence-corrected chi connectivity index (χ3v) is 1.96. The Morgan fingerprint density at radius 3 is 2.18 bits per heavy atom. The number of nitrogens with zero attached hydrogens (tertiary/aromatic N) is 2. The van der Waals surface area contributed by atoms with Crippen LogP contribution in [0.3, 0.4) is 0 Å². The number of rotatable bonds is 5. The molecule has 0 N–H and O–H groups in total. The Morgan fingerprint density at radius 2 is 1.82 bits per heavy atom. The summed E-state index contributed by atoms with van der Waals surface area (Å²) >= 11 is 0. The zero-order valence-electron chi connectivity index (χ0n) is 9.58. The molecular weight excluding hydrogens is 233 g/mol. The molecule has 0 saturated heterocycles. The van der Waals surface area contributed by atoms with E-state index >= 15 is 0 Å². The van der Waals surface area contributed by atoms with Crippen LogP contribution in [0.5, 0.6) is 0 Å². The van der Waals surface area contributed by atoms with Gasteiger partial charge in [-0.1, -0.05) is 0 Å². The SMILES string of the molecule is CCN(C=C(C#N)C=CC(=O)C(F)(F)F)CC. The van der Waals surface area contributed by atoms with Crippen molar-refractivity contribution in [3.8, 4) is 6.07 Å². The molecule has 0 saturated carbocycles. The Bertz CT molecular complexity index is 360. The van der Waals surface area contributed by atoms with E-state index in [2.05, 4.69) is 0 Å². The Labute approximate surface area is 97.8 Å². The fourth-order valence-electron chi connectivity index (χ4n) is 0.972. The largest absolute Gasteiger partial charge is 0.454 e. The van der Waals surface area contributed by atoms with Crippen molar-refractivity contribution in [1.29, 1.82) is 5.26 Å². The van der Waals surface area contributed by atoms with E-state index in [-0.39, 0.29) is 5.57 Å². The number of hydrogen-bond donors (Lipinski definition) is 0. The van der Waals surface area contributed by atoms with Crippen molar-refractivity contribution in [3.63, 3.8) is 0 Å². The second-order valence-electron chi connectivity index (χ2n) is 3.11. The summed E-state index contributed by atoms with van der Waals surface area (Å²) in [5, 5.41) is 8.69. The average molecular weight is 246 g/mol. The lowest BCUT2D eigenvalue weighted by Gasteiger charge is -2.14. The summed E-state index contributed by atoms with van der Waals surface area (Å²) in [6, 6.07) is 1.72. The van der Waals surface area contributed by atoms with Gasteiger partial charge in [0.2, 0.25) is 0 Å². The van der Waals surface area contributed by atoms with Gasteiger partial charge < -0.3 is 4.90 Å². The molecule has 0 heterocycles. The Balaban J connectivity index is 4.79. The highest BCUT2D eigenvalue weighted by atomic mass is 19.4. The van der Waals surface area contributed by atoms with E-state index in [1.807, 2.05) is 13.8 Å². The molecule has 6 heteroatoms. The first-order valence-electron chi connectivity index (χ1n) is 5.00. The summed E-state index contributed by atoms with van der Waals surface area (Å²) in [6.07, 6.45) is -2.25. The van der Waals surface area contributed by atoms with Gasteiger partial charge in [0.15, 0.2) is 0 Å². The zero-order chi connectivity index (χ0) is 13.5. The monoisotopic (exact) mass is 246 g/mol. The minimum absolute atomic E-state index is 0.00583. The highest BCUT2D eigenvalue weighted by Crippen LogP contribution is 2.16. The smallest absolute Gasteiger partial charge is 0.377 e. The summed E-state index contributed by atoms with van der Waals surface area (Å²) in [5.41, 5.74) is 0.00583. The number of carbonyl (C=O) groups is 1. The quantitative estimate of drug-likeness (QED) is 0.425. The van der Waals surface area contributed by atoms with Crippen LogP contribution < -0.4 is 0 Å². The number of nitriles is 1. The summed E-state index contributed by atoms with van der Waals surface area (Å²) in [6.45, 7) is 4.95. The van der Waals surface area contributed by atoms with Gasteiger partial charge in [-0.05, 0) is 26.0 Å². The van der Waals surface area contributed by atoms with Crippen LogP contribution in [-0.4, -0.2) is 29.9 Å². The van der Waals surface area contributed by atoms with E-state index < -0.39 is 12.0 Å². The fourth-order valence-corrected chi connectivity index (χ4v) is 0.972. The van der Waals surface area contributed by atoms with Crippen LogP contribution in [0.1, 0.15) is 13.8 Å². The first-order valence-corrected chi connectivity index (χ1v) is 5.00. The number of alkyl halides is 3. The van der Waals surface area contributed by atoms with E-state index in [0.717, 1.165) is 6.08 Å². The average Bonchev–Trinajstić information content (AvgIpc) is 2.28. The van der Waals surface area contributed by atoms with Gasteiger partial charge in [-0.2, -0.15) is 18.4 Å². The van der Waals surface area contributed by atoms with E-state index in [1.54, 1.807) is 11.0 Å². The maximum atomic E-state index is 11.9. The molecule has 3 nitrogen and oxygen atoms in total. The van der Waals surface area contributed by atoms with E-state index in [1.165, 1.54) is 6.20 Å². The van der Waals surface area contributed by atoms with E-state index in [0.29, 0.717) is 19.2 Å². The van der Waals surface area contributed by atoms with Crippen LogP contribution in [0.4, 0.5) is 13.2 Å². The van der Waals surface area contributed by atoms with Crippen molar-refractivity contribution >= 4 is 5.78 Å². The lowest BCUT2D eigenvalue weighted by molar-refractivity contribution is -0.165. The van der Waals surface area contributed by atoms with Crippen LogP contribution >= 0.6 is 0 Å². The molecular formula is C11H13F3N2O. The lowest BCUT2D eigenvalue weighted by Crippen LogP contribution is -2.20. The maximum absolute atomic E-state index is 11.9. The molecule has 0 atom stereocenters. The molecule has 0 aromatic carbocycles. The molecule has 0 bridgehead atoms. The van der Waals surface area contributed by atoms with Crippen LogP contribution in [0, 0.1) is 11.3 Å². The van der Waals surface area contributed by atoms with Crippen molar-refractivity contribution < 1.29 is 18.0 Å². The summed E-state index contributed by atoms with van der Waals surface area (Å²) in [7, 11) is 0. The molecule has 0 aromatic heterocycles. The van der Waals surface area contributed by atoms with Crippen molar-refractivity contribution in [1.82, 2.24) is 4.90 Å². The normalized spacial score (nSPS) is 12.6. The van der Waals surface area contributed by atoms with E-state index in [4.69, 9.17) is 5.26 Å². The molecule has 0 aromatic rings. The summed E-state index contributed by atoms with van der Waals surface area (Å²) < 4.78 is 35.7. The molecule has 0 rings (SSSR count). The third kappa shape index (κ3) is 5.76. The van der Waals surface area contributed by atoms with E-state index in [9.17, 15) is 18.0 Å². The Morgan fingerprint density at radius 1 is 1.29 bits per heavy atom. The van der Waals surface area contributed by atoms with Gasteiger partial charge in [0, 0.05) is 19.3 Å². The second kappa shape index (κ2) is 6.74. The van der Waals surface area contributed by atoms with Gasteiger partial charge in [-0.3, -0.25) is 4.79 Å². The van der Waals surface area contributed by atoms with Crippen LogP contribution in [0.15, 0.2) is 23.9 Å². The molecule has 0 aliphatic rings. The molecule has 0 unspecified atom stereocenters. The Hall–Kier alpha value is -1.77. The van der Waals surface area contributed by atoms with Gasteiger partial charge in [0.1, 0.15) is 6.07 Å². The number of allylic oxidation sites excluding steroid dienone is 3. The number of hydrogen-bond acceptors (Lipinski definition) is 3. The molecule has 0 fully saturated rings. The first kappa shape index (κ1) is 15.2. The second-order valence-corrected chi connectivity index (χ2v) is 3.11. The Kier molecular flexibility index (Phi) is 6.03. The van der Waals surface area contributed by atoms with Crippen molar-refractivity contribution in [3.05, 3.63) is 23.9 Å². The lowest BCUT2D eigenvalue weighted by atomic mass is 10.2. The predicted molar refractivity (Wildman–Crippen MR) is 56.8 cm³/mol. The van der Waals surface area contributed by atoms with Crippen LogP contribution in [0.25, 0.3) is 0 Å². The summed E-state index contributed by atoms with van der Waals surface area (Å²) in [4.78, 5) is 12.3. The standard InChI is InChI=1S/C11H13F3N2O/c1-3-16(4-2)8-9(7-15)5-6-10(17)11(12,13)14/h5-6,8H,3-4H2,1-2H3. The van der Waals surface area contributed by atoms with Gasteiger partial charge in [-0.15, -0.1) is 0 Å². The van der Waals surface area contributed by atoms with Gasteiger partial charge in [-0.25, -0.2) is 0 Å². The molecule has 0 aliphatic heterocycles. The predicted octanol–water partition coefficient (Wildman–Crippen LogP) is 2.42. The van der Waals surface area contributed by atoms with Crippen molar-refractivity contribution in [2.24, 2.45) is 0 Å². The van der Waals surface area contributed by atoms with Crippen molar-refractivity contribution in [2.45, 2.75) is 20.0 Å². The highest BCUT2D eigenvalue weighted by molar-refractivity contribution is 5.94.